The van der Waals surface area contributed by atoms with Crippen molar-refractivity contribution < 1.29 is 9.53 Å². The highest BCUT2D eigenvalue weighted by Gasteiger charge is 2.13. The lowest BCUT2D eigenvalue weighted by atomic mass is 10.2. The summed E-state index contributed by atoms with van der Waals surface area (Å²) in [6.45, 7) is 1.89. The van der Waals surface area contributed by atoms with Crippen molar-refractivity contribution in [2.24, 2.45) is 0 Å². The number of ether oxygens (including phenoxy) is 1. The number of amides is 1. The first-order valence-corrected chi connectivity index (χ1v) is 7.57. The van der Waals surface area contributed by atoms with Crippen LogP contribution >= 0.6 is 11.6 Å². The highest BCUT2D eigenvalue weighted by molar-refractivity contribution is 6.30. The van der Waals surface area contributed by atoms with Crippen molar-refractivity contribution in [1.29, 1.82) is 0 Å². The van der Waals surface area contributed by atoms with Gasteiger partial charge < -0.3 is 10.1 Å². The number of carbonyl (C=O) groups is 1. The van der Waals surface area contributed by atoms with Gasteiger partial charge in [-0.25, -0.2) is 9.67 Å². The minimum absolute atomic E-state index is 0.297. The fraction of sp³-hybridized carbons (Fsp3) is 0.118. The summed E-state index contributed by atoms with van der Waals surface area (Å²) in [6, 6.07) is 9.02. The molecule has 1 N–H and O–H groups in total. The van der Waals surface area contributed by atoms with E-state index in [0.29, 0.717) is 22.2 Å². The lowest BCUT2D eigenvalue weighted by Gasteiger charge is -2.09. The fourth-order valence-corrected chi connectivity index (χ4v) is 2.39. The molecule has 2 aromatic heterocycles. The molecule has 0 aliphatic rings. The Kier molecular flexibility index (Phi) is 4.48. The third kappa shape index (κ3) is 3.38. The zero-order valence-corrected chi connectivity index (χ0v) is 13.9. The zero-order valence-electron chi connectivity index (χ0n) is 13.2. The van der Waals surface area contributed by atoms with E-state index in [0.717, 1.165) is 11.3 Å². The Morgan fingerprint density at radius 2 is 2.12 bits per heavy atom. The van der Waals surface area contributed by atoms with E-state index in [1.807, 2.05) is 19.1 Å². The fourth-order valence-electron chi connectivity index (χ4n) is 2.20. The average Bonchev–Trinajstić information content (AvgIpc) is 3.05. The van der Waals surface area contributed by atoms with Crippen molar-refractivity contribution in [3.63, 3.8) is 0 Å². The van der Waals surface area contributed by atoms with Gasteiger partial charge in [-0.1, -0.05) is 17.7 Å². The molecule has 7 heteroatoms. The molecule has 0 atom stereocenters. The average molecular weight is 343 g/mol. The third-order valence-corrected chi connectivity index (χ3v) is 3.58. The first-order valence-electron chi connectivity index (χ1n) is 7.19. The maximum absolute atomic E-state index is 12.4. The van der Waals surface area contributed by atoms with Crippen LogP contribution in [0.3, 0.4) is 0 Å². The maximum Gasteiger partial charge on any atom is 0.259 e. The number of methoxy groups -OCH3 is 1. The third-order valence-electron chi connectivity index (χ3n) is 3.35. The number of hydrogen-bond acceptors (Lipinski definition) is 4. The molecule has 0 unspecified atom stereocenters. The Morgan fingerprint density at radius 1 is 1.29 bits per heavy atom. The zero-order chi connectivity index (χ0) is 17.1. The summed E-state index contributed by atoms with van der Waals surface area (Å²) < 4.78 is 6.75. The van der Waals surface area contributed by atoms with Crippen LogP contribution in [0.25, 0.3) is 5.69 Å². The minimum Gasteiger partial charge on any atom is -0.480 e. The summed E-state index contributed by atoms with van der Waals surface area (Å²) in [6.07, 6.45) is 4.80. The molecule has 2 heterocycles. The lowest BCUT2D eigenvalue weighted by molar-refractivity contribution is 0.102. The van der Waals surface area contributed by atoms with E-state index in [9.17, 15) is 4.79 Å². The van der Waals surface area contributed by atoms with E-state index in [4.69, 9.17) is 16.3 Å². The number of nitrogens with one attached hydrogen (secondary N) is 1. The predicted molar refractivity (Wildman–Crippen MR) is 92.1 cm³/mol. The molecular formula is C17H15ClN4O2. The van der Waals surface area contributed by atoms with E-state index in [1.165, 1.54) is 13.3 Å². The van der Waals surface area contributed by atoms with Crippen LogP contribution in [0.1, 0.15) is 15.9 Å². The molecule has 0 aliphatic heterocycles. The number of carbonyl (C=O) groups excluding carboxylic acids is 1. The number of aryl methyl sites for hydroxylation is 1. The van der Waals surface area contributed by atoms with Gasteiger partial charge in [0.2, 0.25) is 5.88 Å². The van der Waals surface area contributed by atoms with Crippen molar-refractivity contribution in [3.05, 3.63) is 65.1 Å². The number of hydrogen-bond donors (Lipinski definition) is 1. The molecule has 0 bridgehead atoms. The summed E-state index contributed by atoms with van der Waals surface area (Å²) in [5, 5.41) is 7.59. The van der Waals surface area contributed by atoms with Crippen LogP contribution in [0, 0.1) is 6.92 Å². The van der Waals surface area contributed by atoms with Crippen molar-refractivity contribution in [2.75, 3.05) is 12.4 Å². The van der Waals surface area contributed by atoms with Gasteiger partial charge in [0.1, 0.15) is 5.69 Å². The lowest BCUT2D eigenvalue weighted by Crippen LogP contribution is -2.12. The van der Waals surface area contributed by atoms with E-state index >= 15 is 0 Å². The van der Waals surface area contributed by atoms with Gasteiger partial charge in [0, 0.05) is 17.4 Å². The molecule has 1 amide bonds. The van der Waals surface area contributed by atoms with Crippen LogP contribution < -0.4 is 10.1 Å². The molecule has 24 heavy (non-hydrogen) atoms. The number of rotatable bonds is 4. The van der Waals surface area contributed by atoms with E-state index in [1.54, 1.807) is 35.3 Å². The van der Waals surface area contributed by atoms with Gasteiger partial charge in [0.25, 0.3) is 5.91 Å². The van der Waals surface area contributed by atoms with Crippen LogP contribution in [0.5, 0.6) is 5.88 Å². The second-order valence-electron chi connectivity index (χ2n) is 5.18. The molecule has 3 rings (SSSR count). The molecular weight excluding hydrogens is 328 g/mol. The maximum atomic E-state index is 12.4. The predicted octanol–water partition coefficient (Wildman–Crippen LogP) is 3.49. The van der Waals surface area contributed by atoms with Crippen LogP contribution in [0.15, 0.2) is 48.9 Å². The molecule has 6 nitrogen and oxygen atoms in total. The van der Waals surface area contributed by atoms with Crippen LogP contribution in [0.2, 0.25) is 5.02 Å². The highest BCUT2D eigenvalue weighted by atomic mass is 35.5. The molecule has 0 spiro atoms. The Morgan fingerprint density at radius 3 is 2.88 bits per heavy atom. The summed E-state index contributed by atoms with van der Waals surface area (Å²) in [5.41, 5.74) is 2.62. The SMILES string of the molecule is COc1ncc(C)cc1NC(=O)c1cnn(-c2cccc(Cl)c2)c1. The first kappa shape index (κ1) is 16.0. The van der Waals surface area contributed by atoms with Crippen LogP contribution in [-0.4, -0.2) is 27.8 Å². The Labute approximate surface area is 144 Å². The van der Waals surface area contributed by atoms with E-state index < -0.39 is 0 Å². The van der Waals surface area contributed by atoms with E-state index in [-0.39, 0.29) is 5.91 Å². The molecule has 0 radical (unpaired) electrons. The van der Waals surface area contributed by atoms with E-state index in [2.05, 4.69) is 15.4 Å². The van der Waals surface area contributed by atoms with Gasteiger partial charge in [-0.05, 0) is 36.8 Å². The second kappa shape index (κ2) is 6.72. The number of aromatic nitrogens is 3. The Hall–Kier alpha value is -2.86. The molecule has 0 saturated carbocycles. The van der Waals surface area contributed by atoms with Gasteiger partial charge in [0.05, 0.1) is 24.6 Å². The number of pyridine rings is 1. The number of anilines is 1. The van der Waals surface area contributed by atoms with Crippen molar-refractivity contribution >= 4 is 23.2 Å². The van der Waals surface area contributed by atoms with Gasteiger partial charge in [0.15, 0.2) is 0 Å². The molecule has 122 valence electrons. The number of halogens is 1. The summed E-state index contributed by atoms with van der Waals surface area (Å²) in [4.78, 5) is 16.6. The monoisotopic (exact) mass is 342 g/mol. The highest BCUT2D eigenvalue weighted by Crippen LogP contribution is 2.23. The summed E-state index contributed by atoms with van der Waals surface area (Å²) in [5.74, 6) is 0.0603. The summed E-state index contributed by atoms with van der Waals surface area (Å²) in [7, 11) is 1.50. The standard InChI is InChI=1S/C17H15ClN4O2/c1-11-6-15(17(24-2)19-8-11)21-16(23)12-9-20-22(10-12)14-5-3-4-13(18)7-14/h3-10H,1-2H3,(H,21,23). The van der Waals surface area contributed by atoms with Crippen molar-refractivity contribution in [3.8, 4) is 11.6 Å². The smallest absolute Gasteiger partial charge is 0.259 e. The second-order valence-corrected chi connectivity index (χ2v) is 5.61. The number of nitrogens with zero attached hydrogens (tertiary/aromatic N) is 3. The van der Waals surface area contributed by atoms with Gasteiger partial charge in [-0.3, -0.25) is 4.79 Å². The molecule has 3 aromatic rings. The normalized spacial score (nSPS) is 10.5. The Bertz CT molecular complexity index is 892. The van der Waals surface area contributed by atoms with Gasteiger partial charge in [-0.2, -0.15) is 5.10 Å². The first-order chi connectivity index (χ1) is 11.6. The van der Waals surface area contributed by atoms with Crippen molar-refractivity contribution in [2.45, 2.75) is 6.92 Å². The Balaban J connectivity index is 1.83. The molecule has 0 fully saturated rings. The molecule has 0 saturated heterocycles. The minimum atomic E-state index is -0.297. The van der Waals surface area contributed by atoms with Crippen molar-refractivity contribution in [1.82, 2.24) is 14.8 Å². The molecule has 0 aliphatic carbocycles. The number of benzene rings is 1. The van der Waals surface area contributed by atoms with Crippen LogP contribution in [-0.2, 0) is 0 Å². The van der Waals surface area contributed by atoms with Gasteiger partial charge >= 0.3 is 0 Å². The quantitative estimate of drug-likeness (QED) is 0.788. The van der Waals surface area contributed by atoms with Crippen LogP contribution in [0.4, 0.5) is 5.69 Å². The van der Waals surface area contributed by atoms with Gasteiger partial charge in [-0.15, -0.1) is 0 Å². The summed E-state index contributed by atoms with van der Waals surface area (Å²) >= 11 is 5.98. The largest absolute Gasteiger partial charge is 0.480 e. The molecule has 1 aromatic carbocycles. The topological polar surface area (TPSA) is 69.0 Å².